The lowest BCUT2D eigenvalue weighted by Crippen LogP contribution is -1.93. The van der Waals surface area contributed by atoms with Crippen LogP contribution >= 0.6 is 31.9 Å². The van der Waals surface area contributed by atoms with Crippen LogP contribution in [0.1, 0.15) is 5.69 Å². The van der Waals surface area contributed by atoms with Gasteiger partial charge in [-0.2, -0.15) is 5.26 Å². The summed E-state index contributed by atoms with van der Waals surface area (Å²) >= 11 is 6.86. The van der Waals surface area contributed by atoms with Crippen molar-refractivity contribution in [1.82, 2.24) is 4.98 Å². The van der Waals surface area contributed by atoms with Crippen molar-refractivity contribution in [2.75, 3.05) is 5.32 Å². The third kappa shape index (κ3) is 3.05. The Balaban J connectivity index is 2.23. The monoisotopic (exact) mass is 351 g/mol. The number of hydrogen-bond donors (Lipinski definition) is 1. The first-order valence-electron chi connectivity index (χ1n) is 4.77. The molecule has 5 heteroatoms. The molecule has 17 heavy (non-hydrogen) atoms. The molecule has 2 aromatic rings. The molecule has 0 saturated heterocycles. The van der Waals surface area contributed by atoms with E-state index >= 15 is 0 Å². The number of rotatable bonds is 2. The van der Waals surface area contributed by atoms with Gasteiger partial charge < -0.3 is 5.32 Å². The SMILES string of the molecule is N#Cc1ccc(Nc2ccc(Br)cc2Br)cn1. The zero-order valence-electron chi connectivity index (χ0n) is 8.61. The summed E-state index contributed by atoms with van der Waals surface area (Å²) < 4.78 is 1.96. The fraction of sp³-hybridized carbons (Fsp3) is 0. The van der Waals surface area contributed by atoms with E-state index in [1.165, 1.54) is 0 Å². The van der Waals surface area contributed by atoms with E-state index < -0.39 is 0 Å². The summed E-state index contributed by atoms with van der Waals surface area (Å²) in [6.07, 6.45) is 1.63. The van der Waals surface area contributed by atoms with Crippen LogP contribution in [-0.4, -0.2) is 4.98 Å². The van der Waals surface area contributed by atoms with Gasteiger partial charge in [-0.15, -0.1) is 0 Å². The van der Waals surface area contributed by atoms with Gasteiger partial charge in [0.15, 0.2) is 0 Å². The molecule has 1 aromatic carbocycles. The molecule has 1 heterocycles. The summed E-state index contributed by atoms with van der Waals surface area (Å²) in [5.74, 6) is 0. The van der Waals surface area contributed by atoms with Gasteiger partial charge in [0.1, 0.15) is 11.8 Å². The van der Waals surface area contributed by atoms with Crippen molar-refractivity contribution in [2.24, 2.45) is 0 Å². The number of aromatic nitrogens is 1. The number of halogens is 2. The highest BCUT2D eigenvalue weighted by Crippen LogP contribution is 2.28. The molecule has 3 nitrogen and oxygen atoms in total. The fourth-order valence-electron chi connectivity index (χ4n) is 1.28. The number of anilines is 2. The van der Waals surface area contributed by atoms with E-state index in [1.807, 2.05) is 30.3 Å². The molecule has 0 saturated carbocycles. The molecule has 84 valence electrons. The van der Waals surface area contributed by atoms with E-state index in [9.17, 15) is 0 Å². The highest BCUT2D eigenvalue weighted by Gasteiger charge is 2.01. The maximum Gasteiger partial charge on any atom is 0.140 e. The molecule has 0 spiro atoms. The van der Waals surface area contributed by atoms with Crippen LogP contribution in [0.15, 0.2) is 45.5 Å². The van der Waals surface area contributed by atoms with Gasteiger partial charge >= 0.3 is 0 Å². The summed E-state index contributed by atoms with van der Waals surface area (Å²) in [6, 6.07) is 11.3. The van der Waals surface area contributed by atoms with Crippen molar-refractivity contribution in [1.29, 1.82) is 5.26 Å². The van der Waals surface area contributed by atoms with Crippen molar-refractivity contribution >= 4 is 43.2 Å². The molecule has 0 fully saturated rings. The lowest BCUT2D eigenvalue weighted by atomic mass is 10.3. The van der Waals surface area contributed by atoms with E-state index in [4.69, 9.17) is 5.26 Å². The molecule has 1 aromatic heterocycles. The molecule has 1 N–H and O–H groups in total. The second-order valence-corrected chi connectivity index (χ2v) is 5.06. The number of nitrogens with zero attached hydrogens (tertiary/aromatic N) is 2. The minimum absolute atomic E-state index is 0.408. The summed E-state index contributed by atoms with van der Waals surface area (Å²) in [6.45, 7) is 0. The van der Waals surface area contributed by atoms with Crippen LogP contribution in [0.4, 0.5) is 11.4 Å². The largest absolute Gasteiger partial charge is 0.353 e. The minimum Gasteiger partial charge on any atom is -0.353 e. The van der Waals surface area contributed by atoms with Crippen LogP contribution < -0.4 is 5.32 Å². The first kappa shape index (κ1) is 12.1. The molecular formula is C12H7Br2N3. The van der Waals surface area contributed by atoms with E-state index in [0.717, 1.165) is 20.3 Å². The Kier molecular flexibility index (Phi) is 3.77. The van der Waals surface area contributed by atoms with Gasteiger partial charge in [-0.3, -0.25) is 0 Å². The van der Waals surface area contributed by atoms with Gasteiger partial charge in [-0.05, 0) is 46.3 Å². The minimum atomic E-state index is 0.408. The maximum absolute atomic E-state index is 8.65. The van der Waals surface area contributed by atoms with Gasteiger partial charge in [-0.25, -0.2) is 4.98 Å². The van der Waals surface area contributed by atoms with Crippen LogP contribution in [0.2, 0.25) is 0 Å². The quantitative estimate of drug-likeness (QED) is 0.880. The van der Waals surface area contributed by atoms with E-state index in [2.05, 4.69) is 42.2 Å². The smallest absolute Gasteiger partial charge is 0.140 e. The topological polar surface area (TPSA) is 48.7 Å². The van der Waals surface area contributed by atoms with E-state index in [-0.39, 0.29) is 0 Å². The van der Waals surface area contributed by atoms with Crippen molar-refractivity contribution in [3.8, 4) is 6.07 Å². The Morgan fingerprint density at radius 2 is 2.00 bits per heavy atom. The normalized spacial score (nSPS) is 9.71. The summed E-state index contributed by atoms with van der Waals surface area (Å²) in [5.41, 5.74) is 2.19. The molecule has 0 bridgehead atoms. The van der Waals surface area contributed by atoms with Crippen molar-refractivity contribution in [3.05, 3.63) is 51.2 Å². The van der Waals surface area contributed by atoms with Gasteiger partial charge in [0.2, 0.25) is 0 Å². The average molecular weight is 353 g/mol. The van der Waals surface area contributed by atoms with Crippen LogP contribution in [0, 0.1) is 11.3 Å². The first-order valence-corrected chi connectivity index (χ1v) is 6.36. The lowest BCUT2D eigenvalue weighted by Gasteiger charge is -2.08. The summed E-state index contributed by atoms with van der Waals surface area (Å²) in [4.78, 5) is 3.99. The number of benzene rings is 1. The third-order valence-corrected chi connectivity index (χ3v) is 3.24. The predicted molar refractivity (Wildman–Crippen MR) is 74.1 cm³/mol. The van der Waals surface area contributed by atoms with Gasteiger partial charge in [0, 0.05) is 8.95 Å². The lowest BCUT2D eigenvalue weighted by molar-refractivity contribution is 1.26. The Bertz CT molecular complexity index is 573. The second kappa shape index (κ2) is 5.30. The molecule has 0 amide bonds. The van der Waals surface area contributed by atoms with E-state index in [0.29, 0.717) is 5.69 Å². The van der Waals surface area contributed by atoms with Crippen molar-refractivity contribution < 1.29 is 0 Å². The van der Waals surface area contributed by atoms with Crippen LogP contribution in [0.5, 0.6) is 0 Å². The third-order valence-electron chi connectivity index (χ3n) is 2.09. The fourth-order valence-corrected chi connectivity index (χ4v) is 2.43. The Hall–Kier alpha value is -1.38. The van der Waals surface area contributed by atoms with Crippen LogP contribution in [-0.2, 0) is 0 Å². The molecule has 0 aliphatic heterocycles. The highest BCUT2D eigenvalue weighted by atomic mass is 79.9. The molecule has 2 rings (SSSR count). The Labute approximate surface area is 116 Å². The zero-order chi connectivity index (χ0) is 12.3. The van der Waals surface area contributed by atoms with Crippen LogP contribution in [0.3, 0.4) is 0 Å². The predicted octanol–water partition coefficient (Wildman–Crippen LogP) is 4.22. The number of nitriles is 1. The maximum atomic E-state index is 8.65. The Morgan fingerprint density at radius 3 is 2.59 bits per heavy atom. The second-order valence-electron chi connectivity index (χ2n) is 3.29. The molecular weight excluding hydrogens is 346 g/mol. The number of hydrogen-bond acceptors (Lipinski definition) is 3. The highest BCUT2D eigenvalue weighted by molar-refractivity contribution is 9.11. The van der Waals surface area contributed by atoms with Gasteiger partial charge in [0.05, 0.1) is 17.6 Å². The first-order chi connectivity index (χ1) is 8.19. The number of pyridine rings is 1. The number of nitrogens with one attached hydrogen (secondary N) is 1. The standard InChI is InChI=1S/C12H7Br2N3/c13-8-1-4-12(11(14)5-8)17-10-3-2-9(6-15)16-7-10/h1-5,7,17H. The zero-order valence-corrected chi connectivity index (χ0v) is 11.8. The molecule has 0 aliphatic carbocycles. The van der Waals surface area contributed by atoms with Gasteiger partial charge in [-0.1, -0.05) is 15.9 Å². The van der Waals surface area contributed by atoms with Crippen molar-refractivity contribution in [3.63, 3.8) is 0 Å². The summed E-state index contributed by atoms with van der Waals surface area (Å²) in [5, 5.41) is 11.9. The van der Waals surface area contributed by atoms with Gasteiger partial charge in [0.25, 0.3) is 0 Å². The van der Waals surface area contributed by atoms with Crippen molar-refractivity contribution in [2.45, 2.75) is 0 Å². The molecule has 0 unspecified atom stereocenters. The average Bonchev–Trinajstić information content (AvgIpc) is 2.34. The molecule has 0 atom stereocenters. The summed E-state index contributed by atoms with van der Waals surface area (Å²) in [7, 11) is 0. The Morgan fingerprint density at radius 1 is 1.18 bits per heavy atom. The molecule has 0 aliphatic rings. The van der Waals surface area contributed by atoms with Crippen LogP contribution in [0.25, 0.3) is 0 Å². The van der Waals surface area contributed by atoms with E-state index in [1.54, 1.807) is 12.3 Å². The molecule has 0 radical (unpaired) electrons.